The van der Waals surface area contributed by atoms with E-state index in [-0.39, 0.29) is 0 Å². The molecule has 108 valence electrons. The maximum Gasteiger partial charge on any atom is 0.157 e. The number of ether oxygens (including phenoxy) is 1. The fourth-order valence-electron chi connectivity index (χ4n) is 2.01. The van der Waals surface area contributed by atoms with E-state index in [2.05, 4.69) is 24.3 Å². The highest BCUT2D eigenvalue weighted by molar-refractivity contribution is 5.19. The van der Waals surface area contributed by atoms with Crippen molar-refractivity contribution in [3.63, 3.8) is 0 Å². The molecule has 0 amide bonds. The van der Waals surface area contributed by atoms with E-state index in [1.807, 2.05) is 16.9 Å². The fourth-order valence-corrected chi connectivity index (χ4v) is 2.01. The van der Waals surface area contributed by atoms with Crippen molar-refractivity contribution in [2.75, 3.05) is 0 Å². The van der Waals surface area contributed by atoms with Crippen LogP contribution >= 0.6 is 0 Å². The predicted octanol–water partition coefficient (Wildman–Crippen LogP) is 2.89. The number of rotatable bonds is 7. The van der Waals surface area contributed by atoms with Crippen LogP contribution in [0.3, 0.4) is 0 Å². The lowest BCUT2D eigenvalue weighted by Crippen LogP contribution is -2.16. The van der Waals surface area contributed by atoms with Gasteiger partial charge >= 0.3 is 0 Å². The summed E-state index contributed by atoms with van der Waals surface area (Å²) < 4.78 is 13.2. The average molecular weight is 275 g/mol. The zero-order valence-electron chi connectivity index (χ0n) is 12.0. The summed E-state index contributed by atoms with van der Waals surface area (Å²) in [7, 11) is 0. The lowest BCUT2D eigenvalue weighted by atomic mass is 10.2. The Morgan fingerprint density at radius 3 is 3.05 bits per heavy atom. The summed E-state index contributed by atoms with van der Waals surface area (Å²) in [5.74, 6) is 1.76. The van der Waals surface area contributed by atoms with Crippen molar-refractivity contribution < 1.29 is 9.15 Å². The van der Waals surface area contributed by atoms with Crippen LogP contribution < -0.4 is 10.1 Å². The van der Waals surface area contributed by atoms with E-state index in [0.717, 1.165) is 23.6 Å². The molecule has 0 aliphatic heterocycles. The molecule has 5 nitrogen and oxygen atoms in total. The molecule has 0 unspecified atom stereocenters. The molecule has 1 fully saturated rings. The van der Waals surface area contributed by atoms with Crippen LogP contribution in [0.5, 0.6) is 5.75 Å². The van der Waals surface area contributed by atoms with Crippen molar-refractivity contribution in [2.24, 2.45) is 0 Å². The zero-order chi connectivity index (χ0) is 13.9. The van der Waals surface area contributed by atoms with Gasteiger partial charge in [-0.25, -0.2) is 0 Å². The molecule has 0 bridgehead atoms. The number of furan rings is 1. The summed E-state index contributed by atoms with van der Waals surface area (Å²) >= 11 is 0. The molecule has 2 aromatic rings. The van der Waals surface area contributed by atoms with Gasteiger partial charge in [0.1, 0.15) is 12.4 Å². The molecule has 2 aromatic heterocycles. The monoisotopic (exact) mass is 275 g/mol. The molecule has 1 N–H and O–H groups in total. The first-order valence-corrected chi connectivity index (χ1v) is 7.18. The quantitative estimate of drug-likeness (QED) is 0.844. The van der Waals surface area contributed by atoms with Crippen molar-refractivity contribution in [1.82, 2.24) is 15.1 Å². The van der Waals surface area contributed by atoms with Crippen LogP contribution in [0.15, 0.2) is 29.1 Å². The van der Waals surface area contributed by atoms with E-state index in [1.54, 1.807) is 12.5 Å². The summed E-state index contributed by atoms with van der Waals surface area (Å²) in [5, 5.41) is 7.71. The highest BCUT2D eigenvalue weighted by Crippen LogP contribution is 2.21. The smallest absolute Gasteiger partial charge is 0.157 e. The van der Waals surface area contributed by atoms with E-state index in [0.29, 0.717) is 18.7 Å². The Bertz CT molecular complexity index is 555. The minimum atomic E-state index is 0.347. The summed E-state index contributed by atoms with van der Waals surface area (Å²) in [6.45, 7) is 5.48. The van der Waals surface area contributed by atoms with Gasteiger partial charge in [-0.15, -0.1) is 0 Å². The molecule has 1 saturated carbocycles. The summed E-state index contributed by atoms with van der Waals surface area (Å²) in [6, 6.07) is 2.99. The van der Waals surface area contributed by atoms with Crippen molar-refractivity contribution in [3.05, 3.63) is 36.0 Å². The molecular weight excluding hydrogens is 254 g/mol. The van der Waals surface area contributed by atoms with E-state index in [1.165, 1.54) is 12.8 Å². The molecule has 20 heavy (non-hydrogen) atoms. The second kappa shape index (κ2) is 5.71. The second-order valence-corrected chi connectivity index (χ2v) is 5.56. The predicted molar refractivity (Wildman–Crippen MR) is 75.5 cm³/mol. The van der Waals surface area contributed by atoms with Gasteiger partial charge in [0.05, 0.1) is 25.2 Å². The third kappa shape index (κ3) is 3.22. The van der Waals surface area contributed by atoms with Crippen molar-refractivity contribution in [3.8, 4) is 5.75 Å². The summed E-state index contributed by atoms with van der Waals surface area (Å²) in [6.07, 6.45) is 7.96. The minimum Gasteiger partial charge on any atom is -0.485 e. The van der Waals surface area contributed by atoms with Crippen molar-refractivity contribution in [2.45, 2.75) is 51.9 Å². The van der Waals surface area contributed by atoms with Gasteiger partial charge < -0.3 is 14.5 Å². The van der Waals surface area contributed by atoms with Crippen LogP contribution in [0, 0.1) is 0 Å². The highest BCUT2D eigenvalue weighted by atomic mass is 16.5. The Morgan fingerprint density at radius 2 is 2.35 bits per heavy atom. The number of aromatic nitrogens is 2. The standard InChI is InChI=1S/C15H21N3O2/c1-11(2)18-9-14(7-17-18)20-10-12-5-6-19-15(12)8-16-13-3-4-13/h5-7,9,11,13,16H,3-4,8,10H2,1-2H3. The SMILES string of the molecule is CC(C)n1cc(OCc2ccoc2CNC2CC2)cn1. The van der Waals surface area contributed by atoms with Crippen LogP contribution in [0.1, 0.15) is 44.1 Å². The number of nitrogens with zero attached hydrogens (tertiary/aromatic N) is 2. The van der Waals surface area contributed by atoms with Gasteiger partial charge in [-0.2, -0.15) is 5.10 Å². The van der Waals surface area contributed by atoms with E-state index < -0.39 is 0 Å². The normalized spacial score (nSPS) is 14.9. The molecule has 0 atom stereocenters. The molecule has 0 spiro atoms. The van der Waals surface area contributed by atoms with Crippen LogP contribution in [-0.2, 0) is 13.2 Å². The molecule has 0 radical (unpaired) electrons. The Labute approximate surface area is 118 Å². The first-order chi connectivity index (χ1) is 9.72. The Morgan fingerprint density at radius 1 is 1.50 bits per heavy atom. The number of hydrogen-bond donors (Lipinski definition) is 1. The summed E-state index contributed by atoms with van der Waals surface area (Å²) in [4.78, 5) is 0. The lowest BCUT2D eigenvalue weighted by molar-refractivity contribution is 0.300. The largest absolute Gasteiger partial charge is 0.485 e. The molecule has 0 aromatic carbocycles. The maximum absolute atomic E-state index is 5.77. The minimum absolute atomic E-state index is 0.347. The van der Waals surface area contributed by atoms with E-state index >= 15 is 0 Å². The van der Waals surface area contributed by atoms with Gasteiger partial charge in [0.25, 0.3) is 0 Å². The lowest BCUT2D eigenvalue weighted by Gasteiger charge is -2.06. The molecular formula is C15H21N3O2. The van der Waals surface area contributed by atoms with Crippen LogP contribution in [0.25, 0.3) is 0 Å². The van der Waals surface area contributed by atoms with Crippen LogP contribution in [0.2, 0.25) is 0 Å². The van der Waals surface area contributed by atoms with Gasteiger partial charge in [-0.05, 0) is 32.8 Å². The molecule has 2 heterocycles. The number of hydrogen-bond acceptors (Lipinski definition) is 4. The Hall–Kier alpha value is -1.75. The highest BCUT2D eigenvalue weighted by Gasteiger charge is 2.21. The fraction of sp³-hybridized carbons (Fsp3) is 0.533. The molecule has 5 heteroatoms. The Kier molecular flexibility index (Phi) is 3.78. The molecule has 1 aliphatic rings. The van der Waals surface area contributed by atoms with Gasteiger partial charge in [-0.3, -0.25) is 4.68 Å². The molecule has 1 aliphatic carbocycles. The van der Waals surface area contributed by atoms with Crippen molar-refractivity contribution in [1.29, 1.82) is 0 Å². The van der Waals surface area contributed by atoms with Gasteiger partial charge in [0, 0.05) is 17.6 Å². The van der Waals surface area contributed by atoms with E-state index in [4.69, 9.17) is 9.15 Å². The second-order valence-electron chi connectivity index (χ2n) is 5.56. The third-order valence-corrected chi connectivity index (χ3v) is 3.47. The molecule has 3 rings (SSSR count). The van der Waals surface area contributed by atoms with Gasteiger partial charge in [0.2, 0.25) is 0 Å². The first-order valence-electron chi connectivity index (χ1n) is 7.18. The molecule has 0 saturated heterocycles. The van der Waals surface area contributed by atoms with Crippen molar-refractivity contribution >= 4 is 0 Å². The van der Waals surface area contributed by atoms with E-state index in [9.17, 15) is 0 Å². The Balaban J connectivity index is 1.55. The zero-order valence-corrected chi connectivity index (χ0v) is 12.0. The first kappa shape index (κ1) is 13.2. The summed E-state index contributed by atoms with van der Waals surface area (Å²) in [5.41, 5.74) is 1.09. The maximum atomic E-state index is 5.77. The third-order valence-electron chi connectivity index (χ3n) is 3.47. The van der Waals surface area contributed by atoms with Crippen LogP contribution in [0.4, 0.5) is 0 Å². The number of nitrogens with one attached hydrogen (secondary N) is 1. The van der Waals surface area contributed by atoms with Gasteiger partial charge in [-0.1, -0.05) is 0 Å². The van der Waals surface area contributed by atoms with Gasteiger partial charge in [0.15, 0.2) is 5.75 Å². The topological polar surface area (TPSA) is 52.2 Å². The average Bonchev–Trinajstić information content (AvgIpc) is 2.96. The van der Waals surface area contributed by atoms with Crippen LogP contribution in [-0.4, -0.2) is 15.8 Å².